The molecule has 0 amide bonds. The lowest BCUT2D eigenvalue weighted by molar-refractivity contribution is 0.00707. The van der Waals surface area contributed by atoms with E-state index in [0.717, 1.165) is 9.26 Å². The second-order valence-electron chi connectivity index (χ2n) is 4.44. The highest BCUT2D eigenvalue weighted by Gasteiger charge is 2.19. The van der Waals surface area contributed by atoms with Crippen molar-refractivity contribution < 1.29 is 9.53 Å². The molecule has 0 saturated heterocycles. The summed E-state index contributed by atoms with van der Waals surface area (Å²) < 4.78 is 6.40. The highest BCUT2D eigenvalue weighted by molar-refractivity contribution is 14.1. The highest BCUT2D eigenvalue weighted by Crippen LogP contribution is 2.21. The van der Waals surface area contributed by atoms with Crippen LogP contribution in [0.15, 0.2) is 18.2 Å². The lowest BCUT2D eigenvalue weighted by Gasteiger charge is -2.20. The molecule has 0 aliphatic heterocycles. The number of rotatable bonds is 2. The van der Waals surface area contributed by atoms with Crippen molar-refractivity contribution in [3.05, 3.63) is 27.3 Å². The van der Waals surface area contributed by atoms with Gasteiger partial charge in [-0.05, 0) is 61.6 Å². The Morgan fingerprint density at radius 3 is 2.50 bits per heavy atom. The third-order valence-electron chi connectivity index (χ3n) is 1.87. The topological polar surface area (TPSA) is 38.3 Å². The van der Waals surface area contributed by atoms with Crippen molar-refractivity contribution in [2.45, 2.75) is 26.4 Å². The first-order valence-electron chi connectivity index (χ1n) is 5.04. The van der Waals surface area contributed by atoms with E-state index in [1.54, 1.807) is 13.1 Å². The van der Waals surface area contributed by atoms with Crippen LogP contribution in [0.2, 0.25) is 0 Å². The molecule has 0 unspecified atom stereocenters. The average Bonchev–Trinajstić information content (AvgIpc) is 2.14. The monoisotopic (exact) mass is 333 g/mol. The standard InChI is InChI=1S/C12H16INO2/c1-12(2,3)16-11(15)9-6-5-8(13)7-10(9)14-4/h5-7,14H,1-4H3. The quantitative estimate of drug-likeness (QED) is 0.667. The Balaban J connectivity index is 2.99. The van der Waals surface area contributed by atoms with Crippen LogP contribution in [-0.4, -0.2) is 18.6 Å². The van der Waals surface area contributed by atoms with Gasteiger partial charge in [0, 0.05) is 16.3 Å². The van der Waals surface area contributed by atoms with Crippen LogP contribution < -0.4 is 5.32 Å². The molecule has 1 aromatic carbocycles. The summed E-state index contributed by atoms with van der Waals surface area (Å²) in [6.07, 6.45) is 0. The molecule has 0 aromatic heterocycles. The zero-order valence-electron chi connectivity index (χ0n) is 9.93. The molecule has 1 N–H and O–H groups in total. The minimum atomic E-state index is -0.467. The zero-order chi connectivity index (χ0) is 12.3. The van der Waals surface area contributed by atoms with Gasteiger partial charge in [-0.3, -0.25) is 0 Å². The Hall–Kier alpha value is -0.780. The molecule has 0 atom stereocenters. The van der Waals surface area contributed by atoms with Gasteiger partial charge in [0.25, 0.3) is 0 Å². The molecular formula is C12H16INO2. The summed E-state index contributed by atoms with van der Waals surface area (Å²) in [6.45, 7) is 5.57. The summed E-state index contributed by atoms with van der Waals surface area (Å²) >= 11 is 2.20. The van der Waals surface area contributed by atoms with Crippen LogP contribution in [0.5, 0.6) is 0 Å². The first-order valence-corrected chi connectivity index (χ1v) is 6.12. The van der Waals surface area contributed by atoms with Crippen LogP contribution in [0.4, 0.5) is 5.69 Å². The van der Waals surface area contributed by atoms with Gasteiger partial charge in [-0.1, -0.05) is 0 Å². The number of benzene rings is 1. The highest BCUT2D eigenvalue weighted by atomic mass is 127. The largest absolute Gasteiger partial charge is 0.456 e. The maximum absolute atomic E-state index is 11.9. The van der Waals surface area contributed by atoms with E-state index in [1.165, 1.54) is 0 Å². The molecule has 0 heterocycles. The van der Waals surface area contributed by atoms with Crippen molar-refractivity contribution in [1.82, 2.24) is 0 Å². The smallest absolute Gasteiger partial charge is 0.340 e. The van der Waals surface area contributed by atoms with Crippen LogP contribution in [0, 0.1) is 3.57 Å². The number of ether oxygens (including phenoxy) is 1. The zero-order valence-corrected chi connectivity index (χ0v) is 12.1. The van der Waals surface area contributed by atoms with E-state index in [1.807, 2.05) is 32.9 Å². The van der Waals surface area contributed by atoms with Crippen LogP contribution in [-0.2, 0) is 4.74 Å². The molecule has 4 heteroatoms. The fourth-order valence-electron chi connectivity index (χ4n) is 1.23. The third-order valence-corrected chi connectivity index (χ3v) is 2.54. The Morgan fingerprint density at radius 1 is 1.38 bits per heavy atom. The minimum Gasteiger partial charge on any atom is -0.456 e. The van der Waals surface area contributed by atoms with E-state index in [-0.39, 0.29) is 5.97 Å². The Bertz CT molecular complexity index is 396. The first kappa shape index (κ1) is 13.3. The Labute approximate surface area is 110 Å². The Kier molecular flexibility index (Phi) is 4.18. The lowest BCUT2D eigenvalue weighted by atomic mass is 10.1. The fraction of sp³-hybridized carbons (Fsp3) is 0.417. The first-order chi connectivity index (χ1) is 7.33. The molecule has 3 nitrogen and oxygen atoms in total. The summed E-state index contributed by atoms with van der Waals surface area (Å²) in [4.78, 5) is 11.9. The van der Waals surface area contributed by atoms with Gasteiger partial charge in [-0.15, -0.1) is 0 Å². The van der Waals surface area contributed by atoms with E-state index < -0.39 is 5.60 Å². The van der Waals surface area contributed by atoms with Crippen LogP contribution in [0.25, 0.3) is 0 Å². The van der Waals surface area contributed by atoms with Crippen LogP contribution in [0.1, 0.15) is 31.1 Å². The molecule has 1 rings (SSSR count). The number of halogens is 1. The molecule has 0 spiro atoms. The van der Waals surface area contributed by atoms with E-state index in [2.05, 4.69) is 27.9 Å². The second kappa shape index (κ2) is 5.03. The third kappa shape index (κ3) is 3.66. The van der Waals surface area contributed by atoms with Gasteiger partial charge < -0.3 is 10.1 Å². The molecular weight excluding hydrogens is 317 g/mol. The van der Waals surface area contributed by atoms with Gasteiger partial charge in [-0.25, -0.2) is 4.79 Å². The van der Waals surface area contributed by atoms with Gasteiger partial charge in [-0.2, -0.15) is 0 Å². The number of carbonyl (C=O) groups excluding carboxylic acids is 1. The number of hydrogen-bond donors (Lipinski definition) is 1. The van der Waals surface area contributed by atoms with Crippen molar-refractivity contribution in [2.24, 2.45) is 0 Å². The number of hydrogen-bond acceptors (Lipinski definition) is 3. The summed E-state index contributed by atoms with van der Waals surface area (Å²) in [5.74, 6) is -0.298. The number of esters is 1. The number of nitrogens with one attached hydrogen (secondary N) is 1. The van der Waals surface area contributed by atoms with Crippen LogP contribution in [0.3, 0.4) is 0 Å². The van der Waals surface area contributed by atoms with E-state index in [4.69, 9.17) is 4.74 Å². The Morgan fingerprint density at radius 2 is 2.00 bits per heavy atom. The van der Waals surface area contributed by atoms with Crippen molar-refractivity contribution in [1.29, 1.82) is 0 Å². The van der Waals surface area contributed by atoms with Crippen LogP contribution >= 0.6 is 22.6 Å². The van der Waals surface area contributed by atoms with Gasteiger partial charge in [0.05, 0.1) is 5.56 Å². The van der Waals surface area contributed by atoms with Crippen molar-refractivity contribution in [3.63, 3.8) is 0 Å². The molecule has 0 saturated carbocycles. The normalized spacial score (nSPS) is 11.1. The molecule has 16 heavy (non-hydrogen) atoms. The molecule has 88 valence electrons. The molecule has 0 aliphatic carbocycles. The summed E-state index contributed by atoms with van der Waals surface area (Å²) in [5, 5.41) is 3.00. The molecule has 0 bridgehead atoms. The summed E-state index contributed by atoms with van der Waals surface area (Å²) in [7, 11) is 1.79. The maximum Gasteiger partial charge on any atom is 0.340 e. The fourth-order valence-corrected chi connectivity index (χ4v) is 1.73. The lowest BCUT2D eigenvalue weighted by Crippen LogP contribution is -2.24. The predicted octanol–water partition coefficient (Wildman–Crippen LogP) is 3.29. The van der Waals surface area contributed by atoms with Gasteiger partial charge >= 0.3 is 5.97 Å². The second-order valence-corrected chi connectivity index (χ2v) is 5.69. The van der Waals surface area contributed by atoms with Gasteiger partial charge in [0.15, 0.2) is 0 Å². The SMILES string of the molecule is CNc1cc(I)ccc1C(=O)OC(C)(C)C. The maximum atomic E-state index is 11.9. The molecule has 0 aliphatic rings. The molecule has 0 radical (unpaired) electrons. The van der Waals surface area contributed by atoms with Gasteiger partial charge in [0.1, 0.15) is 5.60 Å². The number of carbonyl (C=O) groups is 1. The summed E-state index contributed by atoms with van der Waals surface area (Å²) in [6, 6.07) is 5.59. The van der Waals surface area contributed by atoms with E-state index >= 15 is 0 Å². The van der Waals surface area contributed by atoms with E-state index in [0.29, 0.717) is 5.56 Å². The molecule has 0 fully saturated rings. The van der Waals surface area contributed by atoms with Crippen molar-refractivity contribution in [3.8, 4) is 0 Å². The van der Waals surface area contributed by atoms with Crippen molar-refractivity contribution in [2.75, 3.05) is 12.4 Å². The average molecular weight is 333 g/mol. The summed E-state index contributed by atoms with van der Waals surface area (Å²) in [5.41, 5.74) is 0.893. The predicted molar refractivity (Wildman–Crippen MR) is 73.9 cm³/mol. The minimum absolute atomic E-state index is 0.298. The molecule has 1 aromatic rings. The van der Waals surface area contributed by atoms with Crippen molar-refractivity contribution >= 4 is 34.2 Å². The van der Waals surface area contributed by atoms with E-state index in [9.17, 15) is 4.79 Å². The van der Waals surface area contributed by atoms with Gasteiger partial charge in [0.2, 0.25) is 0 Å². The number of anilines is 1.